The Morgan fingerprint density at radius 1 is 1.53 bits per heavy atom. The second-order valence-electron chi connectivity index (χ2n) is 5.60. The number of rotatable bonds is 6. The molecule has 1 N–H and O–H groups in total. The van der Waals surface area contributed by atoms with Gasteiger partial charge >= 0.3 is 0 Å². The third kappa shape index (κ3) is 5.77. The van der Waals surface area contributed by atoms with E-state index in [4.69, 9.17) is 4.74 Å². The summed E-state index contributed by atoms with van der Waals surface area (Å²) in [6.45, 7) is 12.2. The fourth-order valence-corrected chi connectivity index (χ4v) is 2.91. The van der Waals surface area contributed by atoms with Gasteiger partial charge in [-0.3, -0.25) is 4.99 Å². The zero-order valence-electron chi connectivity index (χ0n) is 11.7. The summed E-state index contributed by atoms with van der Waals surface area (Å²) in [5.41, 5.74) is -0.153. The van der Waals surface area contributed by atoms with E-state index in [1.165, 1.54) is 6.42 Å². The molecule has 17 heavy (non-hydrogen) atoms. The minimum absolute atomic E-state index is 0.153. The van der Waals surface area contributed by atoms with E-state index in [2.05, 4.69) is 38.0 Å². The molecule has 1 heterocycles. The number of thioether (sulfide) groups is 1. The van der Waals surface area contributed by atoms with Crippen molar-refractivity contribution in [1.29, 1.82) is 0 Å². The molecule has 0 aromatic rings. The number of nitrogens with one attached hydrogen (secondary N) is 1. The van der Waals surface area contributed by atoms with E-state index in [-0.39, 0.29) is 5.60 Å². The molecule has 100 valence electrons. The second-order valence-corrected chi connectivity index (χ2v) is 6.60. The van der Waals surface area contributed by atoms with Crippen LogP contribution in [0.1, 0.15) is 41.0 Å². The molecule has 0 aromatic heterocycles. The Labute approximate surface area is 110 Å². The van der Waals surface area contributed by atoms with Crippen molar-refractivity contribution >= 4 is 16.9 Å². The lowest BCUT2D eigenvalue weighted by atomic mass is 10.1. The molecular formula is C13H26N2OS. The first kappa shape index (κ1) is 14.8. The normalized spacial score (nSPS) is 23.4. The molecule has 0 spiro atoms. The third-order valence-corrected chi connectivity index (χ3v) is 3.73. The van der Waals surface area contributed by atoms with E-state index in [0.29, 0.717) is 6.04 Å². The fourth-order valence-electron chi connectivity index (χ4n) is 1.92. The van der Waals surface area contributed by atoms with Crippen molar-refractivity contribution in [2.75, 3.05) is 18.9 Å². The fraction of sp³-hybridized carbons (Fsp3) is 0.923. The van der Waals surface area contributed by atoms with E-state index in [0.717, 1.165) is 30.0 Å². The van der Waals surface area contributed by atoms with Crippen LogP contribution in [0, 0.1) is 5.92 Å². The molecule has 0 bridgehead atoms. The Morgan fingerprint density at radius 3 is 2.82 bits per heavy atom. The van der Waals surface area contributed by atoms with Crippen LogP contribution in [0.2, 0.25) is 0 Å². The molecule has 3 nitrogen and oxygen atoms in total. The molecule has 0 aliphatic carbocycles. The van der Waals surface area contributed by atoms with Crippen molar-refractivity contribution < 1.29 is 4.74 Å². The van der Waals surface area contributed by atoms with Crippen LogP contribution in [0.3, 0.4) is 0 Å². The minimum atomic E-state index is -0.153. The SMILES string of the molecule is CCOC(C)(C)CN=C1NC(CC(C)C)CS1. The molecule has 1 fully saturated rings. The summed E-state index contributed by atoms with van der Waals surface area (Å²) < 4.78 is 5.64. The number of ether oxygens (including phenoxy) is 1. The van der Waals surface area contributed by atoms with Crippen LogP contribution in [0.5, 0.6) is 0 Å². The molecule has 0 aromatic carbocycles. The highest BCUT2D eigenvalue weighted by atomic mass is 32.2. The van der Waals surface area contributed by atoms with Crippen LogP contribution in [0.15, 0.2) is 4.99 Å². The van der Waals surface area contributed by atoms with Gasteiger partial charge in [0.1, 0.15) is 0 Å². The van der Waals surface area contributed by atoms with Gasteiger partial charge in [0.2, 0.25) is 0 Å². The molecule has 0 radical (unpaired) electrons. The smallest absolute Gasteiger partial charge is 0.156 e. The lowest BCUT2D eigenvalue weighted by molar-refractivity contribution is -0.00208. The molecule has 1 saturated heterocycles. The van der Waals surface area contributed by atoms with Crippen LogP contribution in [-0.2, 0) is 4.74 Å². The van der Waals surface area contributed by atoms with Crippen molar-refractivity contribution in [1.82, 2.24) is 5.32 Å². The van der Waals surface area contributed by atoms with Gasteiger partial charge in [-0.1, -0.05) is 25.6 Å². The molecule has 1 aliphatic heterocycles. The largest absolute Gasteiger partial charge is 0.374 e. The summed E-state index contributed by atoms with van der Waals surface area (Å²) >= 11 is 1.83. The quantitative estimate of drug-likeness (QED) is 0.795. The van der Waals surface area contributed by atoms with Gasteiger partial charge in [0.05, 0.1) is 12.1 Å². The summed E-state index contributed by atoms with van der Waals surface area (Å²) in [7, 11) is 0. The molecule has 4 heteroatoms. The maximum absolute atomic E-state index is 5.64. The first-order chi connectivity index (χ1) is 7.93. The predicted octanol–water partition coefficient (Wildman–Crippen LogP) is 2.91. The van der Waals surface area contributed by atoms with Gasteiger partial charge in [0.25, 0.3) is 0 Å². The Bertz CT molecular complexity index is 264. The summed E-state index contributed by atoms with van der Waals surface area (Å²) in [5.74, 6) is 1.89. The summed E-state index contributed by atoms with van der Waals surface area (Å²) in [6, 6.07) is 0.592. The first-order valence-electron chi connectivity index (χ1n) is 6.50. The standard InChI is InChI=1S/C13H26N2OS/c1-6-16-13(4,5)9-14-12-15-11(8-17-12)7-10(2)3/h10-11H,6-9H2,1-5H3,(H,14,15). The maximum Gasteiger partial charge on any atom is 0.156 e. The maximum atomic E-state index is 5.64. The molecule has 1 unspecified atom stereocenters. The van der Waals surface area contributed by atoms with Crippen LogP contribution in [0.4, 0.5) is 0 Å². The molecular weight excluding hydrogens is 232 g/mol. The number of hydrogen-bond acceptors (Lipinski definition) is 3. The van der Waals surface area contributed by atoms with E-state index < -0.39 is 0 Å². The van der Waals surface area contributed by atoms with E-state index >= 15 is 0 Å². The summed E-state index contributed by atoms with van der Waals surface area (Å²) in [4.78, 5) is 4.61. The van der Waals surface area contributed by atoms with Crippen molar-refractivity contribution in [3.63, 3.8) is 0 Å². The summed E-state index contributed by atoms with van der Waals surface area (Å²) in [6.07, 6.45) is 1.22. The molecule has 0 amide bonds. The molecule has 1 aliphatic rings. The number of nitrogens with zero attached hydrogens (tertiary/aromatic N) is 1. The van der Waals surface area contributed by atoms with Crippen LogP contribution < -0.4 is 5.32 Å². The molecule has 1 rings (SSSR count). The number of amidine groups is 1. The van der Waals surface area contributed by atoms with Crippen molar-refractivity contribution in [3.8, 4) is 0 Å². The zero-order valence-corrected chi connectivity index (χ0v) is 12.6. The van der Waals surface area contributed by atoms with Gasteiger partial charge in [-0.05, 0) is 33.1 Å². The monoisotopic (exact) mass is 258 g/mol. The number of hydrogen-bond donors (Lipinski definition) is 1. The van der Waals surface area contributed by atoms with Crippen LogP contribution in [0.25, 0.3) is 0 Å². The Hall–Kier alpha value is -0.220. The van der Waals surface area contributed by atoms with Crippen molar-refractivity contribution in [3.05, 3.63) is 0 Å². The van der Waals surface area contributed by atoms with Crippen LogP contribution in [-0.4, -0.2) is 35.7 Å². The minimum Gasteiger partial charge on any atom is -0.374 e. The zero-order chi connectivity index (χ0) is 12.9. The first-order valence-corrected chi connectivity index (χ1v) is 7.49. The lowest BCUT2D eigenvalue weighted by Gasteiger charge is -2.22. The van der Waals surface area contributed by atoms with Gasteiger partial charge in [0.15, 0.2) is 5.17 Å². The highest BCUT2D eigenvalue weighted by Gasteiger charge is 2.22. The average molecular weight is 258 g/mol. The lowest BCUT2D eigenvalue weighted by Crippen LogP contribution is -2.31. The Morgan fingerprint density at radius 2 is 2.24 bits per heavy atom. The van der Waals surface area contributed by atoms with Crippen molar-refractivity contribution in [2.45, 2.75) is 52.7 Å². The summed E-state index contributed by atoms with van der Waals surface area (Å²) in [5, 5.41) is 4.58. The van der Waals surface area contributed by atoms with Gasteiger partial charge in [-0.2, -0.15) is 0 Å². The third-order valence-electron chi connectivity index (χ3n) is 2.64. The molecule has 1 atom stereocenters. The topological polar surface area (TPSA) is 33.6 Å². The average Bonchev–Trinajstić information content (AvgIpc) is 2.62. The van der Waals surface area contributed by atoms with E-state index in [1.54, 1.807) is 0 Å². The van der Waals surface area contributed by atoms with Gasteiger partial charge in [-0.15, -0.1) is 0 Å². The highest BCUT2D eigenvalue weighted by Crippen LogP contribution is 2.20. The van der Waals surface area contributed by atoms with Gasteiger partial charge in [-0.25, -0.2) is 0 Å². The van der Waals surface area contributed by atoms with Gasteiger partial charge < -0.3 is 10.1 Å². The Balaban J connectivity index is 2.37. The second kappa shape index (κ2) is 6.64. The number of aliphatic imine (C=N–C) groups is 1. The van der Waals surface area contributed by atoms with Crippen LogP contribution >= 0.6 is 11.8 Å². The predicted molar refractivity (Wildman–Crippen MR) is 76.8 cm³/mol. The molecule has 0 saturated carbocycles. The van der Waals surface area contributed by atoms with Crippen molar-refractivity contribution in [2.24, 2.45) is 10.9 Å². The highest BCUT2D eigenvalue weighted by molar-refractivity contribution is 8.14. The van der Waals surface area contributed by atoms with Gasteiger partial charge in [0, 0.05) is 18.4 Å². The Kier molecular flexibility index (Phi) is 5.80. The van der Waals surface area contributed by atoms with E-state index in [9.17, 15) is 0 Å². The van der Waals surface area contributed by atoms with E-state index in [1.807, 2.05) is 18.7 Å².